The molecule has 0 bridgehead atoms. The number of benzene rings is 2. The van der Waals surface area contributed by atoms with Crippen molar-refractivity contribution in [3.8, 4) is 17.2 Å². The quantitative estimate of drug-likeness (QED) is 0.819. The van der Waals surface area contributed by atoms with Gasteiger partial charge in [-0.15, -0.1) is 0 Å². The Bertz CT molecular complexity index is 918. The predicted molar refractivity (Wildman–Crippen MR) is 109 cm³/mol. The number of fused-ring (bicyclic) bond motifs is 1. The molecule has 0 aromatic heterocycles. The SMILES string of the molecule is Cc1ccc(Cl)c(OC[C@@]2(O)CCCN(C(=O)c3ccc4c(c3)OCO4)CC2)c1. The van der Waals surface area contributed by atoms with Crippen LogP contribution in [0, 0.1) is 6.92 Å². The van der Waals surface area contributed by atoms with Gasteiger partial charge < -0.3 is 24.2 Å². The van der Waals surface area contributed by atoms with Crippen molar-refractivity contribution in [2.45, 2.75) is 31.8 Å². The third kappa shape index (κ3) is 4.43. The molecule has 2 heterocycles. The zero-order valence-corrected chi connectivity index (χ0v) is 17.1. The monoisotopic (exact) mass is 417 g/mol. The summed E-state index contributed by atoms with van der Waals surface area (Å²) in [7, 11) is 0. The van der Waals surface area contributed by atoms with Crippen molar-refractivity contribution in [1.29, 1.82) is 0 Å². The third-order valence-electron chi connectivity index (χ3n) is 5.41. The first kappa shape index (κ1) is 19.9. The Hall–Kier alpha value is -2.44. The number of amides is 1. The van der Waals surface area contributed by atoms with Crippen LogP contribution >= 0.6 is 11.6 Å². The minimum Gasteiger partial charge on any atom is -0.489 e. The lowest BCUT2D eigenvalue weighted by Gasteiger charge is -2.27. The van der Waals surface area contributed by atoms with Crippen LogP contribution in [0.3, 0.4) is 0 Å². The Kier molecular flexibility index (Phi) is 5.56. The standard InChI is InChI=1S/C22H24ClNO5/c1-15-3-5-17(23)19(11-15)27-13-22(26)7-2-9-24(10-8-22)21(25)16-4-6-18-20(12-16)29-14-28-18/h3-6,11-12,26H,2,7-10,13-14H2,1H3/t22-/m1/s1. The molecule has 0 spiro atoms. The van der Waals surface area contributed by atoms with E-state index in [9.17, 15) is 9.90 Å². The topological polar surface area (TPSA) is 68.2 Å². The molecule has 1 amide bonds. The first-order chi connectivity index (χ1) is 13.9. The molecule has 0 saturated carbocycles. The number of halogens is 1. The van der Waals surface area contributed by atoms with Gasteiger partial charge in [-0.2, -0.15) is 0 Å². The Morgan fingerprint density at radius 1 is 1.17 bits per heavy atom. The number of aliphatic hydroxyl groups is 1. The van der Waals surface area contributed by atoms with Gasteiger partial charge in [0.2, 0.25) is 6.79 Å². The number of rotatable bonds is 4. The molecule has 2 aromatic carbocycles. The summed E-state index contributed by atoms with van der Waals surface area (Å²) >= 11 is 6.19. The molecule has 1 atom stereocenters. The number of carbonyl (C=O) groups is 1. The molecule has 2 aromatic rings. The van der Waals surface area contributed by atoms with Gasteiger partial charge in [-0.25, -0.2) is 0 Å². The van der Waals surface area contributed by atoms with Gasteiger partial charge in [-0.3, -0.25) is 4.79 Å². The van der Waals surface area contributed by atoms with Crippen LogP contribution in [0.4, 0.5) is 0 Å². The van der Waals surface area contributed by atoms with Crippen molar-refractivity contribution in [3.05, 3.63) is 52.5 Å². The first-order valence-electron chi connectivity index (χ1n) is 9.74. The molecule has 1 fully saturated rings. The third-order valence-corrected chi connectivity index (χ3v) is 5.72. The van der Waals surface area contributed by atoms with Gasteiger partial charge in [-0.05, 0) is 62.1 Å². The van der Waals surface area contributed by atoms with Gasteiger partial charge in [0.15, 0.2) is 11.5 Å². The highest BCUT2D eigenvalue weighted by atomic mass is 35.5. The summed E-state index contributed by atoms with van der Waals surface area (Å²) < 4.78 is 16.5. The second kappa shape index (κ2) is 8.13. The van der Waals surface area contributed by atoms with Crippen LogP contribution in [-0.4, -0.2) is 48.0 Å². The van der Waals surface area contributed by atoms with Crippen molar-refractivity contribution in [2.24, 2.45) is 0 Å². The first-order valence-corrected chi connectivity index (χ1v) is 10.1. The summed E-state index contributed by atoms with van der Waals surface area (Å²) in [4.78, 5) is 14.7. The van der Waals surface area contributed by atoms with E-state index >= 15 is 0 Å². The fraction of sp³-hybridized carbons (Fsp3) is 0.409. The molecule has 4 rings (SSSR count). The lowest BCUT2D eigenvalue weighted by Crippen LogP contribution is -2.38. The molecule has 2 aliphatic rings. The number of ether oxygens (including phenoxy) is 3. The lowest BCUT2D eigenvalue weighted by molar-refractivity contribution is -0.0163. The second-order valence-corrected chi connectivity index (χ2v) is 8.07. The Morgan fingerprint density at radius 3 is 2.86 bits per heavy atom. The number of likely N-dealkylation sites (tertiary alicyclic amines) is 1. The highest BCUT2D eigenvalue weighted by Crippen LogP contribution is 2.33. The smallest absolute Gasteiger partial charge is 0.253 e. The highest BCUT2D eigenvalue weighted by Gasteiger charge is 2.33. The molecule has 1 saturated heterocycles. The number of hydrogen-bond donors (Lipinski definition) is 1. The summed E-state index contributed by atoms with van der Waals surface area (Å²) in [6.07, 6.45) is 1.69. The summed E-state index contributed by atoms with van der Waals surface area (Å²) in [6, 6.07) is 10.8. The maximum absolute atomic E-state index is 12.9. The van der Waals surface area contributed by atoms with Crippen molar-refractivity contribution in [1.82, 2.24) is 4.90 Å². The Labute approximate surface area is 174 Å². The van der Waals surface area contributed by atoms with E-state index in [1.165, 1.54) is 0 Å². The minimum absolute atomic E-state index is 0.0739. The summed E-state index contributed by atoms with van der Waals surface area (Å²) in [5.74, 6) is 1.73. The second-order valence-electron chi connectivity index (χ2n) is 7.66. The fourth-order valence-electron chi connectivity index (χ4n) is 3.67. The van der Waals surface area contributed by atoms with E-state index in [0.29, 0.717) is 60.2 Å². The number of aryl methyl sites for hydroxylation is 1. The summed E-state index contributed by atoms with van der Waals surface area (Å²) in [5, 5.41) is 11.5. The zero-order chi connectivity index (χ0) is 20.4. The molecule has 7 heteroatoms. The molecule has 2 aliphatic heterocycles. The summed E-state index contributed by atoms with van der Waals surface area (Å²) in [5.41, 5.74) is 0.594. The highest BCUT2D eigenvalue weighted by molar-refractivity contribution is 6.32. The summed E-state index contributed by atoms with van der Waals surface area (Å²) in [6.45, 7) is 3.32. The molecule has 0 unspecified atom stereocenters. The molecule has 0 radical (unpaired) electrons. The fourth-order valence-corrected chi connectivity index (χ4v) is 3.84. The van der Waals surface area contributed by atoms with E-state index < -0.39 is 5.60 Å². The average molecular weight is 418 g/mol. The van der Waals surface area contributed by atoms with Crippen LogP contribution in [0.1, 0.15) is 35.2 Å². The number of carbonyl (C=O) groups excluding carboxylic acids is 1. The van der Waals surface area contributed by atoms with Gasteiger partial charge in [0.25, 0.3) is 5.91 Å². The number of nitrogens with zero attached hydrogens (tertiary/aromatic N) is 1. The molecule has 29 heavy (non-hydrogen) atoms. The maximum atomic E-state index is 12.9. The molecule has 1 N–H and O–H groups in total. The van der Waals surface area contributed by atoms with Crippen LogP contribution in [0.25, 0.3) is 0 Å². The van der Waals surface area contributed by atoms with Crippen LogP contribution in [0.2, 0.25) is 5.02 Å². The van der Waals surface area contributed by atoms with Crippen LogP contribution < -0.4 is 14.2 Å². The van der Waals surface area contributed by atoms with E-state index in [4.69, 9.17) is 25.8 Å². The normalized spacial score (nSPS) is 21.0. The number of hydrogen-bond acceptors (Lipinski definition) is 5. The van der Waals surface area contributed by atoms with Gasteiger partial charge in [-0.1, -0.05) is 17.7 Å². The van der Waals surface area contributed by atoms with Crippen molar-refractivity contribution >= 4 is 17.5 Å². The molecular formula is C22H24ClNO5. The van der Waals surface area contributed by atoms with Gasteiger partial charge in [0.1, 0.15) is 18.0 Å². The van der Waals surface area contributed by atoms with Crippen molar-refractivity contribution in [2.75, 3.05) is 26.5 Å². The van der Waals surface area contributed by atoms with E-state index in [2.05, 4.69) is 0 Å². The van der Waals surface area contributed by atoms with Crippen LogP contribution in [0.15, 0.2) is 36.4 Å². The van der Waals surface area contributed by atoms with Crippen molar-refractivity contribution in [3.63, 3.8) is 0 Å². The van der Waals surface area contributed by atoms with Gasteiger partial charge in [0.05, 0.1) is 5.02 Å². The molecule has 154 valence electrons. The minimum atomic E-state index is -1.00. The van der Waals surface area contributed by atoms with Crippen LogP contribution in [0.5, 0.6) is 17.2 Å². The molecule has 0 aliphatic carbocycles. The van der Waals surface area contributed by atoms with E-state index in [0.717, 1.165) is 5.56 Å². The average Bonchev–Trinajstić information content (AvgIpc) is 3.10. The van der Waals surface area contributed by atoms with Crippen molar-refractivity contribution < 1.29 is 24.1 Å². The maximum Gasteiger partial charge on any atom is 0.253 e. The Balaban J connectivity index is 1.39. The van der Waals surface area contributed by atoms with E-state index in [-0.39, 0.29) is 19.3 Å². The van der Waals surface area contributed by atoms with E-state index in [1.807, 2.05) is 19.1 Å². The molecule has 6 nitrogen and oxygen atoms in total. The van der Waals surface area contributed by atoms with Gasteiger partial charge >= 0.3 is 0 Å². The predicted octanol–water partition coefficient (Wildman–Crippen LogP) is 3.81. The van der Waals surface area contributed by atoms with Crippen LogP contribution in [-0.2, 0) is 0 Å². The zero-order valence-electron chi connectivity index (χ0n) is 16.3. The Morgan fingerprint density at radius 2 is 2.00 bits per heavy atom. The van der Waals surface area contributed by atoms with Gasteiger partial charge in [0, 0.05) is 18.7 Å². The lowest BCUT2D eigenvalue weighted by atomic mass is 9.96. The largest absolute Gasteiger partial charge is 0.489 e. The van der Waals surface area contributed by atoms with E-state index in [1.54, 1.807) is 29.2 Å². The molecular weight excluding hydrogens is 394 g/mol.